The fourth-order valence-electron chi connectivity index (χ4n) is 1.00. The van der Waals surface area contributed by atoms with E-state index in [1.807, 2.05) is 38.3 Å². The Hall–Kier alpha value is -1.06. The average molecular weight is 195 g/mol. The van der Waals surface area contributed by atoms with E-state index in [9.17, 15) is 0 Å². The number of hydrogen-bond donors (Lipinski definition) is 3. The smallest absolute Gasteiger partial charge is 0.0310 e. The predicted molar refractivity (Wildman–Crippen MR) is 62.7 cm³/mol. The second-order valence-electron chi connectivity index (χ2n) is 3.05. The van der Waals surface area contributed by atoms with E-state index in [4.69, 9.17) is 11.5 Å². The zero-order valence-electron chi connectivity index (χ0n) is 9.03. The largest absolute Gasteiger partial charge is 0.399 e. The second-order valence-corrected chi connectivity index (χ2v) is 3.05. The first-order chi connectivity index (χ1) is 6.74. The van der Waals surface area contributed by atoms with Gasteiger partial charge in [-0.3, -0.25) is 0 Å². The molecule has 0 aromatic carbocycles. The fraction of sp³-hybridized carbons (Fsp3) is 0.455. The van der Waals surface area contributed by atoms with Crippen molar-refractivity contribution in [2.24, 2.45) is 11.5 Å². The van der Waals surface area contributed by atoms with Gasteiger partial charge in [-0.2, -0.15) is 0 Å². The van der Waals surface area contributed by atoms with Gasteiger partial charge in [0.25, 0.3) is 0 Å². The van der Waals surface area contributed by atoms with Crippen LogP contribution in [0, 0.1) is 0 Å². The molecule has 0 heterocycles. The fourth-order valence-corrected chi connectivity index (χ4v) is 1.00. The van der Waals surface area contributed by atoms with Gasteiger partial charge >= 0.3 is 0 Å². The third-order valence-corrected chi connectivity index (χ3v) is 1.90. The molecule has 5 N–H and O–H groups in total. The summed E-state index contributed by atoms with van der Waals surface area (Å²) in [5, 5.41) is 3.12. The second kappa shape index (κ2) is 8.53. The van der Waals surface area contributed by atoms with Gasteiger partial charge in [0.05, 0.1) is 0 Å². The van der Waals surface area contributed by atoms with Gasteiger partial charge in [0.1, 0.15) is 0 Å². The van der Waals surface area contributed by atoms with E-state index in [1.165, 1.54) is 0 Å². The summed E-state index contributed by atoms with van der Waals surface area (Å²) in [6.07, 6.45) is 10.6. The van der Waals surface area contributed by atoms with Crippen LogP contribution in [0.4, 0.5) is 0 Å². The van der Waals surface area contributed by atoms with Crippen LogP contribution in [-0.2, 0) is 0 Å². The Morgan fingerprint density at radius 1 is 1.50 bits per heavy atom. The van der Waals surface area contributed by atoms with E-state index in [0.29, 0.717) is 12.6 Å². The summed E-state index contributed by atoms with van der Waals surface area (Å²) in [4.78, 5) is 0. The maximum atomic E-state index is 5.65. The van der Waals surface area contributed by atoms with Gasteiger partial charge in [-0.05, 0) is 32.5 Å². The summed E-state index contributed by atoms with van der Waals surface area (Å²) in [5.74, 6) is 0. The maximum absolute atomic E-state index is 5.65. The Morgan fingerprint density at radius 2 is 2.21 bits per heavy atom. The maximum Gasteiger partial charge on any atom is 0.0310 e. The van der Waals surface area contributed by atoms with Gasteiger partial charge in [0.2, 0.25) is 0 Å². The molecule has 0 saturated carbocycles. The highest BCUT2D eigenvalue weighted by Crippen LogP contribution is 1.93. The lowest BCUT2D eigenvalue weighted by atomic mass is 10.2. The van der Waals surface area contributed by atoms with E-state index in [0.717, 1.165) is 12.1 Å². The quantitative estimate of drug-likeness (QED) is 0.552. The molecule has 0 aromatic heterocycles. The predicted octanol–water partition coefficient (Wildman–Crippen LogP) is 0.898. The summed E-state index contributed by atoms with van der Waals surface area (Å²) in [7, 11) is 1.91. The van der Waals surface area contributed by atoms with Crippen LogP contribution >= 0.6 is 0 Å². The lowest BCUT2D eigenvalue weighted by Crippen LogP contribution is -2.32. The summed E-state index contributed by atoms with van der Waals surface area (Å²) < 4.78 is 0. The SMILES string of the molecule is C\C=C/C(N)=C\C=C\CC(CN)NC. The van der Waals surface area contributed by atoms with Crippen molar-refractivity contribution in [1.29, 1.82) is 0 Å². The van der Waals surface area contributed by atoms with Crippen molar-refractivity contribution in [1.82, 2.24) is 5.32 Å². The molecule has 0 fully saturated rings. The minimum Gasteiger partial charge on any atom is -0.399 e. The lowest BCUT2D eigenvalue weighted by Gasteiger charge is -2.09. The van der Waals surface area contributed by atoms with Crippen molar-refractivity contribution < 1.29 is 0 Å². The number of likely N-dealkylation sites (N-methyl/N-ethyl adjacent to an activating group) is 1. The minimum atomic E-state index is 0.350. The van der Waals surface area contributed by atoms with Crippen molar-refractivity contribution in [2.75, 3.05) is 13.6 Å². The standard InChI is InChI=1S/C11H21N3/c1-3-6-10(13)7-4-5-8-11(9-12)14-2/h3-7,11,14H,8-9,12-13H2,1-2H3/b5-4+,6-3-,10-7+. The monoisotopic (exact) mass is 195 g/mol. The van der Waals surface area contributed by atoms with Gasteiger partial charge in [0.15, 0.2) is 0 Å². The summed E-state index contributed by atoms with van der Waals surface area (Å²) >= 11 is 0. The molecule has 3 heteroatoms. The molecular formula is C11H21N3. The highest BCUT2D eigenvalue weighted by Gasteiger charge is 1.97. The molecule has 14 heavy (non-hydrogen) atoms. The van der Waals surface area contributed by atoms with Gasteiger partial charge in [-0.25, -0.2) is 0 Å². The van der Waals surface area contributed by atoms with Crippen LogP contribution in [0.15, 0.2) is 36.1 Å². The number of allylic oxidation sites excluding steroid dienone is 4. The van der Waals surface area contributed by atoms with Crippen molar-refractivity contribution in [3.8, 4) is 0 Å². The molecule has 1 unspecified atom stereocenters. The highest BCUT2D eigenvalue weighted by molar-refractivity contribution is 5.20. The Labute approximate surface area is 86.5 Å². The van der Waals surface area contributed by atoms with Gasteiger partial charge in [-0.15, -0.1) is 0 Å². The summed E-state index contributed by atoms with van der Waals surface area (Å²) in [5.41, 5.74) is 11.9. The Balaban J connectivity index is 3.88. The Kier molecular flexibility index (Phi) is 7.89. The first-order valence-corrected chi connectivity index (χ1v) is 4.87. The highest BCUT2D eigenvalue weighted by atomic mass is 14.9. The van der Waals surface area contributed by atoms with Gasteiger partial charge in [0, 0.05) is 18.3 Å². The van der Waals surface area contributed by atoms with E-state index < -0.39 is 0 Å². The molecule has 0 aromatic rings. The van der Waals surface area contributed by atoms with Crippen molar-refractivity contribution in [3.63, 3.8) is 0 Å². The van der Waals surface area contributed by atoms with Crippen LogP contribution in [0.3, 0.4) is 0 Å². The van der Waals surface area contributed by atoms with Crippen LogP contribution in [-0.4, -0.2) is 19.6 Å². The Bertz CT molecular complexity index is 213. The third-order valence-electron chi connectivity index (χ3n) is 1.90. The number of hydrogen-bond acceptors (Lipinski definition) is 3. The molecule has 0 aliphatic rings. The first-order valence-electron chi connectivity index (χ1n) is 4.87. The van der Waals surface area contributed by atoms with Crippen molar-refractivity contribution >= 4 is 0 Å². The number of nitrogens with two attached hydrogens (primary N) is 2. The van der Waals surface area contributed by atoms with Gasteiger partial charge < -0.3 is 16.8 Å². The summed E-state index contributed by atoms with van der Waals surface area (Å²) in [6, 6.07) is 0.350. The molecule has 3 nitrogen and oxygen atoms in total. The van der Waals surface area contributed by atoms with Crippen LogP contribution in [0.2, 0.25) is 0 Å². The van der Waals surface area contributed by atoms with Crippen LogP contribution in [0.5, 0.6) is 0 Å². The van der Waals surface area contributed by atoms with Gasteiger partial charge in [-0.1, -0.05) is 18.2 Å². The Morgan fingerprint density at radius 3 is 2.71 bits per heavy atom. The third kappa shape index (κ3) is 6.46. The van der Waals surface area contributed by atoms with E-state index in [-0.39, 0.29) is 0 Å². The lowest BCUT2D eigenvalue weighted by molar-refractivity contribution is 0.579. The van der Waals surface area contributed by atoms with Crippen LogP contribution in [0.1, 0.15) is 13.3 Å². The molecule has 0 bridgehead atoms. The molecule has 1 atom stereocenters. The zero-order chi connectivity index (χ0) is 10.8. The van der Waals surface area contributed by atoms with E-state index in [2.05, 4.69) is 11.4 Å². The zero-order valence-corrected chi connectivity index (χ0v) is 9.03. The molecule has 0 spiro atoms. The normalized spacial score (nSPS) is 15.5. The molecular weight excluding hydrogens is 174 g/mol. The van der Waals surface area contributed by atoms with E-state index >= 15 is 0 Å². The molecule has 80 valence electrons. The van der Waals surface area contributed by atoms with Crippen LogP contribution < -0.4 is 16.8 Å². The molecule has 0 rings (SSSR count). The first kappa shape index (κ1) is 12.9. The topological polar surface area (TPSA) is 64.1 Å². The van der Waals surface area contributed by atoms with Crippen LogP contribution in [0.25, 0.3) is 0 Å². The number of nitrogens with one attached hydrogen (secondary N) is 1. The average Bonchev–Trinajstić information content (AvgIpc) is 2.19. The minimum absolute atomic E-state index is 0.350. The molecule has 0 amide bonds. The van der Waals surface area contributed by atoms with Crippen molar-refractivity contribution in [2.45, 2.75) is 19.4 Å². The molecule has 0 aliphatic carbocycles. The molecule has 0 saturated heterocycles. The number of rotatable bonds is 6. The molecule has 0 radical (unpaired) electrons. The molecule has 0 aliphatic heterocycles. The van der Waals surface area contributed by atoms with E-state index in [1.54, 1.807) is 0 Å². The van der Waals surface area contributed by atoms with Crippen molar-refractivity contribution in [3.05, 3.63) is 36.1 Å². The summed E-state index contributed by atoms with van der Waals surface area (Å²) in [6.45, 7) is 2.59.